The number of aliphatic hydroxyl groups is 2. The summed E-state index contributed by atoms with van der Waals surface area (Å²) in [7, 11) is 0. The minimum atomic E-state index is -1.42. The number of hydrogen-bond donors (Lipinski definition) is 4. The molecule has 0 aromatic carbocycles. The second kappa shape index (κ2) is 5.73. The highest BCUT2D eigenvalue weighted by atomic mass is 16.5. The summed E-state index contributed by atoms with van der Waals surface area (Å²) in [5, 5.41) is 18.8. The van der Waals surface area contributed by atoms with Gasteiger partial charge in [0.25, 0.3) is 5.56 Å². The van der Waals surface area contributed by atoms with Crippen LogP contribution in [0.5, 0.6) is 0 Å². The van der Waals surface area contributed by atoms with Crippen LogP contribution in [-0.4, -0.2) is 39.2 Å². The Balaban J connectivity index is 3.11. The maximum Gasteiger partial charge on any atom is 0.330 e. The van der Waals surface area contributed by atoms with E-state index in [1.165, 1.54) is 13.1 Å². The summed E-state index contributed by atoms with van der Waals surface area (Å²) in [6.45, 7) is 0.765. The predicted molar refractivity (Wildman–Crippen MR) is 58.3 cm³/mol. The van der Waals surface area contributed by atoms with Gasteiger partial charge in [-0.3, -0.25) is 14.3 Å². The van der Waals surface area contributed by atoms with E-state index in [-0.39, 0.29) is 12.3 Å². The first-order valence-corrected chi connectivity index (χ1v) is 4.94. The van der Waals surface area contributed by atoms with E-state index in [2.05, 4.69) is 0 Å². The van der Waals surface area contributed by atoms with Crippen LogP contribution in [0.25, 0.3) is 0 Å². The third-order valence-electron chi connectivity index (χ3n) is 2.25. The number of aromatic nitrogens is 2. The molecule has 2 atom stereocenters. The summed E-state index contributed by atoms with van der Waals surface area (Å²) in [6, 6.07) is 0. The van der Waals surface area contributed by atoms with Gasteiger partial charge in [-0.1, -0.05) is 0 Å². The number of nitrogens with one attached hydrogen (secondary N) is 1. The van der Waals surface area contributed by atoms with E-state index in [4.69, 9.17) is 15.6 Å². The number of rotatable bonds is 5. The lowest BCUT2D eigenvalue weighted by Crippen LogP contribution is -2.40. The molecule has 0 aliphatic carbocycles. The van der Waals surface area contributed by atoms with Crippen LogP contribution in [0.15, 0.2) is 15.8 Å². The summed E-state index contributed by atoms with van der Waals surface area (Å²) in [5.41, 5.74) is 4.07. The topological polar surface area (TPSA) is 131 Å². The summed E-state index contributed by atoms with van der Waals surface area (Å²) >= 11 is 0. The van der Waals surface area contributed by atoms with Crippen LogP contribution in [0.4, 0.5) is 0 Å². The highest BCUT2D eigenvalue weighted by Crippen LogP contribution is 2.08. The van der Waals surface area contributed by atoms with Crippen LogP contribution in [0, 0.1) is 6.92 Å². The van der Waals surface area contributed by atoms with Crippen molar-refractivity contribution < 1.29 is 14.9 Å². The van der Waals surface area contributed by atoms with Crippen LogP contribution >= 0.6 is 0 Å². The van der Waals surface area contributed by atoms with Gasteiger partial charge in [-0.05, 0) is 6.92 Å². The second-order valence-electron chi connectivity index (χ2n) is 3.45. The lowest BCUT2D eigenvalue weighted by Gasteiger charge is -2.22. The molecule has 5 N–H and O–H groups in total. The van der Waals surface area contributed by atoms with Crippen molar-refractivity contribution >= 4 is 0 Å². The molecule has 0 amide bonds. The fraction of sp³-hybridized carbons (Fsp3) is 0.556. The van der Waals surface area contributed by atoms with Gasteiger partial charge >= 0.3 is 5.69 Å². The van der Waals surface area contributed by atoms with Gasteiger partial charge in [0.2, 0.25) is 0 Å². The average molecular weight is 245 g/mol. The van der Waals surface area contributed by atoms with E-state index in [0.29, 0.717) is 0 Å². The standard InChI is InChI=1S/C9H15N3O5/c1-5-2-12(9(16)11-7(5)14)8(15)6(3-13)17-4-10/h2,6,8,13,15H,3-4,10H2,1H3,(H,11,14,16)/t6-,8?/m1/s1. The highest BCUT2D eigenvalue weighted by Gasteiger charge is 2.21. The Kier molecular flexibility index (Phi) is 4.58. The molecule has 1 unspecified atom stereocenters. The lowest BCUT2D eigenvalue weighted by atomic mass is 10.3. The van der Waals surface area contributed by atoms with Gasteiger partial charge in [-0.2, -0.15) is 0 Å². The van der Waals surface area contributed by atoms with E-state index in [1.54, 1.807) is 0 Å². The zero-order valence-electron chi connectivity index (χ0n) is 9.29. The molecule has 96 valence electrons. The Bertz CT molecular complexity index is 480. The quantitative estimate of drug-likeness (QED) is 0.429. The Morgan fingerprint density at radius 1 is 1.59 bits per heavy atom. The van der Waals surface area contributed by atoms with Crippen molar-refractivity contribution in [2.45, 2.75) is 19.3 Å². The fourth-order valence-electron chi connectivity index (χ4n) is 1.32. The van der Waals surface area contributed by atoms with Crippen molar-refractivity contribution in [1.29, 1.82) is 0 Å². The van der Waals surface area contributed by atoms with Crippen molar-refractivity contribution in [1.82, 2.24) is 9.55 Å². The van der Waals surface area contributed by atoms with Gasteiger partial charge in [0.05, 0.1) is 13.3 Å². The van der Waals surface area contributed by atoms with Gasteiger partial charge in [-0.15, -0.1) is 0 Å². The molecule has 1 rings (SSSR count). The van der Waals surface area contributed by atoms with Crippen LogP contribution in [0.2, 0.25) is 0 Å². The SMILES string of the molecule is Cc1cn(C(O)[C@@H](CO)OCN)c(=O)[nH]c1=O. The summed E-state index contributed by atoms with van der Waals surface area (Å²) in [4.78, 5) is 24.6. The molecule has 0 saturated carbocycles. The largest absolute Gasteiger partial charge is 0.393 e. The summed E-state index contributed by atoms with van der Waals surface area (Å²) in [6.07, 6.45) is -1.27. The molecule has 0 bridgehead atoms. The third kappa shape index (κ3) is 3.01. The molecule has 0 radical (unpaired) electrons. The normalized spacial score (nSPS) is 14.6. The van der Waals surface area contributed by atoms with Gasteiger partial charge in [0.15, 0.2) is 6.23 Å². The lowest BCUT2D eigenvalue weighted by molar-refractivity contribution is -0.0943. The minimum absolute atomic E-state index is 0.209. The zero-order chi connectivity index (χ0) is 13.0. The molecule has 0 spiro atoms. The van der Waals surface area contributed by atoms with Crippen molar-refractivity contribution in [2.75, 3.05) is 13.3 Å². The minimum Gasteiger partial charge on any atom is -0.393 e. The zero-order valence-corrected chi connectivity index (χ0v) is 9.29. The molecule has 1 heterocycles. The Labute approximate surface area is 96.3 Å². The second-order valence-corrected chi connectivity index (χ2v) is 3.45. The smallest absolute Gasteiger partial charge is 0.330 e. The number of ether oxygens (including phenoxy) is 1. The maximum atomic E-state index is 11.4. The van der Waals surface area contributed by atoms with E-state index < -0.39 is 30.2 Å². The van der Waals surface area contributed by atoms with Crippen molar-refractivity contribution in [2.24, 2.45) is 5.73 Å². The van der Waals surface area contributed by atoms with E-state index >= 15 is 0 Å². The third-order valence-corrected chi connectivity index (χ3v) is 2.25. The number of nitrogens with two attached hydrogens (primary N) is 1. The average Bonchev–Trinajstić information content (AvgIpc) is 2.30. The van der Waals surface area contributed by atoms with E-state index in [0.717, 1.165) is 4.57 Å². The Morgan fingerprint density at radius 3 is 2.76 bits per heavy atom. The van der Waals surface area contributed by atoms with Crippen molar-refractivity contribution in [3.05, 3.63) is 32.6 Å². The molecular formula is C9H15N3O5. The number of hydrogen-bond acceptors (Lipinski definition) is 6. The predicted octanol–water partition coefficient (Wildman–Crippen LogP) is -2.37. The molecule has 1 aromatic heterocycles. The van der Waals surface area contributed by atoms with E-state index in [9.17, 15) is 14.7 Å². The summed E-state index contributed by atoms with van der Waals surface area (Å²) in [5.74, 6) is 0. The molecule has 8 nitrogen and oxygen atoms in total. The van der Waals surface area contributed by atoms with Crippen LogP contribution in [0.1, 0.15) is 11.8 Å². The first-order chi connectivity index (χ1) is 8.01. The molecule has 17 heavy (non-hydrogen) atoms. The number of aromatic amines is 1. The van der Waals surface area contributed by atoms with Gasteiger partial charge in [0.1, 0.15) is 6.10 Å². The monoisotopic (exact) mass is 245 g/mol. The molecule has 0 aliphatic heterocycles. The van der Waals surface area contributed by atoms with Gasteiger partial charge in [-0.25, -0.2) is 4.79 Å². The highest BCUT2D eigenvalue weighted by molar-refractivity contribution is 5.01. The van der Waals surface area contributed by atoms with Crippen LogP contribution in [0.3, 0.4) is 0 Å². The number of H-pyrrole nitrogens is 1. The van der Waals surface area contributed by atoms with Gasteiger partial charge < -0.3 is 20.7 Å². The molecule has 0 fully saturated rings. The van der Waals surface area contributed by atoms with E-state index in [1.807, 2.05) is 4.98 Å². The molecule has 0 saturated heterocycles. The molecule has 8 heteroatoms. The number of nitrogens with zero attached hydrogens (tertiary/aromatic N) is 1. The van der Waals surface area contributed by atoms with Gasteiger partial charge in [0, 0.05) is 11.8 Å². The summed E-state index contributed by atoms with van der Waals surface area (Å²) < 4.78 is 5.73. The van der Waals surface area contributed by atoms with Crippen molar-refractivity contribution in [3.63, 3.8) is 0 Å². The molecular weight excluding hydrogens is 230 g/mol. The number of aliphatic hydroxyl groups excluding tert-OH is 2. The molecule has 0 aliphatic rings. The van der Waals surface area contributed by atoms with Crippen LogP contribution < -0.4 is 17.0 Å². The Morgan fingerprint density at radius 2 is 2.24 bits per heavy atom. The molecule has 1 aromatic rings. The maximum absolute atomic E-state index is 11.4. The first-order valence-electron chi connectivity index (χ1n) is 4.94. The van der Waals surface area contributed by atoms with Crippen molar-refractivity contribution in [3.8, 4) is 0 Å². The Hall–Kier alpha value is -1.48. The van der Waals surface area contributed by atoms with Crippen LogP contribution in [-0.2, 0) is 4.74 Å². The number of aryl methyl sites for hydroxylation is 1. The fourth-order valence-corrected chi connectivity index (χ4v) is 1.32. The first kappa shape index (κ1) is 13.6.